The highest BCUT2D eigenvalue weighted by molar-refractivity contribution is 7.15. The van der Waals surface area contributed by atoms with Crippen molar-refractivity contribution >= 4 is 28.3 Å². The van der Waals surface area contributed by atoms with E-state index in [2.05, 4.69) is 10.2 Å². The molecule has 6 nitrogen and oxygen atoms in total. The predicted octanol–water partition coefficient (Wildman–Crippen LogP) is 2.51. The first-order valence-corrected chi connectivity index (χ1v) is 10.9. The van der Waals surface area contributed by atoms with Gasteiger partial charge in [-0.1, -0.05) is 0 Å². The molecular formula is C21H24F2N4O2S. The number of nitrogens with one attached hydrogen (secondary N) is 1. The van der Waals surface area contributed by atoms with E-state index < -0.39 is 11.6 Å². The van der Waals surface area contributed by atoms with E-state index in [0.717, 1.165) is 41.3 Å². The number of carbonyl (C=O) groups is 2. The number of aryl methyl sites for hydroxylation is 1. The highest BCUT2D eigenvalue weighted by atomic mass is 32.1. The second-order valence-corrected chi connectivity index (χ2v) is 8.86. The van der Waals surface area contributed by atoms with Crippen molar-refractivity contribution < 1.29 is 18.4 Å². The number of aromatic nitrogens is 1. The topological polar surface area (TPSA) is 65.5 Å². The summed E-state index contributed by atoms with van der Waals surface area (Å²) >= 11 is 1.62. The molecule has 1 N–H and O–H groups in total. The molecule has 1 atom stereocenters. The molecule has 2 aliphatic rings. The maximum absolute atomic E-state index is 13.3. The third-order valence-electron chi connectivity index (χ3n) is 5.68. The number of thiazole rings is 1. The van der Waals surface area contributed by atoms with Crippen LogP contribution < -0.4 is 10.2 Å². The predicted molar refractivity (Wildman–Crippen MR) is 110 cm³/mol. The largest absolute Gasteiger partial charge is 0.352 e. The van der Waals surface area contributed by atoms with E-state index in [0.29, 0.717) is 31.5 Å². The number of benzene rings is 1. The number of fused-ring (bicyclic) bond motifs is 1. The smallest absolute Gasteiger partial charge is 0.223 e. The van der Waals surface area contributed by atoms with Crippen molar-refractivity contribution in [1.29, 1.82) is 0 Å². The lowest BCUT2D eigenvalue weighted by atomic mass is 9.90. The number of anilines is 1. The summed E-state index contributed by atoms with van der Waals surface area (Å²) in [4.78, 5) is 34.0. The zero-order chi connectivity index (χ0) is 21.3. The number of rotatable bonds is 4. The summed E-state index contributed by atoms with van der Waals surface area (Å²) in [7, 11) is 0. The number of halogens is 2. The third-order valence-corrected chi connectivity index (χ3v) is 6.86. The van der Waals surface area contributed by atoms with Crippen LogP contribution in [0.3, 0.4) is 0 Å². The number of nitrogens with zero attached hydrogens (tertiary/aromatic N) is 3. The number of amides is 2. The fraction of sp³-hybridized carbons (Fsp3) is 0.476. The minimum absolute atomic E-state index is 0.0999. The lowest BCUT2D eigenvalue weighted by Crippen LogP contribution is -2.48. The second-order valence-electron chi connectivity index (χ2n) is 7.79. The first-order chi connectivity index (χ1) is 14.4. The SMILES string of the molecule is CC(=O)N1CCN(c2nc3c(s2)C[C@@H](C(=O)NCc2cc(F)cc(F)c2)CC3)CC1. The number of hydrogen-bond donors (Lipinski definition) is 1. The molecule has 1 saturated heterocycles. The molecule has 160 valence electrons. The Morgan fingerprint density at radius 1 is 1.17 bits per heavy atom. The highest BCUT2D eigenvalue weighted by Gasteiger charge is 2.29. The molecule has 1 fully saturated rings. The van der Waals surface area contributed by atoms with Crippen LogP contribution >= 0.6 is 11.3 Å². The fourth-order valence-electron chi connectivity index (χ4n) is 3.98. The van der Waals surface area contributed by atoms with Gasteiger partial charge in [0.2, 0.25) is 11.8 Å². The molecule has 1 aliphatic heterocycles. The molecule has 1 aromatic carbocycles. The molecule has 0 radical (unpaired) electrons. The van der Waals surface area contributed by atoms with Crippen LogP contribution in [-0.4, -0.2) is 47.9 Å². The maximum Gasteiger partial charge on any atom is 0.223 e. The number of hydrogen-bond acceptors (Lipinski definition) is 5. The Hall–Kier alpha value is -2.55. The molecule has 4 rings (SSSR count). The molecule has 30 heavy (non-hydrogen) atoms. The van der Waals surface area contributed by atoms with Gasteiger partial charge < -0.3 is 15.1 Å². The van der Waals surface area contributed by atoms with Gasteiger partial charge in [-0.2, -0.15) is 0 Å². The fourth-order valence-corrected chi connectivity index (χ4v) is 5.22. The lowest BCUT2D eigenvalue weighted by Gasteiger charge is -2.33. The van der Waals surface area contributed by atoms with Crippen LogP contribution in [0.4, 0.5) is 13.9 Å². The summed E-state index contributed by atoms with van der Waals surface area (Å²) in [6.45, 7) is 4.62. The van der Waals surface area contributed by atoms with E-state index >= 15 is 0 Å². The van der Waals surface area contributed by atoms with Crippen LogP contribution in [0.15, 0.2) is 18.2 Å². The highest BCUT2D eigenvalue weighted by Crippen LogP contribution is 2.34. The van der Waals surface area contributed by atoms with Gasteiger partial charge in [0.1, 0.15) is 11.6 Å². The number of piperazine rings is 1. The monoisotopic (exact) mass is 434 g/mol. The van der Waals surface area contributed by atoms with Crippen molar-refractivity contribution in [2.45, 2.75) is 32.7 Å². The van der Waals surface area contributed by atoms with Crippen LogP contribution in [-0.2, 0) is 29.0 Å². The van der Waals surface area contributed by atoms with Gasteiger partial charge in [0.25, 0.3) is 0 Å². The van der Waals surface area contributed by atoms with Crippen LogP contribution in [0.2, 0.25) is 0 Å². The van der Waals surface area contributed by atoms with Crippen LogP contribution in [0.5, 0.6) is 0 Å². The average molecular weight is 435 g/mol. The molecule has 1 aromatic heterocycles. The second kappa shape index (κ2) is 8.67. The van der Waals surface area contributed by atoms with E-state index in [1.54, 1.807) is 18.3 Å². The van der Waals surface area contributed by atoms with Crippen LogP contribution in [0.1, 0.15) is 29.5 Å². The minimum atomic E-state index is -0.650. The van der Waals surface area contributed by atoms with Crippen molar-refractivity contribution in [3.8, 4) is 0 Å². The van der Waals surface area contributed by atoms with E-state index in [4.69, 9.17) is 4.98 Å². The minimum Gasteiger partial charge on any atom is -0.352 e. The molecule has 9 heteroatoms. The molecular weight excluding hydrogens is 410 g/mol. The first kappa shape index (κ1) is 20.7. The van der Waals surface area contributed by atoms with Crippen LogP contribution in [0, 0.1) is 17.6 Å². The summed E-state index contributed by atoms with van der Waals surface area (Å²) in [5.41, 5.74) is 1.46. The van der Waals surface area contributed by atoms with Gasteiger partial charge in [0, 0.05) is 56.5 Å². The quantitative estimate of drug-likeness (QED) is 0.803. The standard InChI is InChI=1S/C21H24F2N4O2S/c1-13(28)26-4-6-27(7-5-26)21-25-18-3-2-15(10-19(18)30-21)20(29)24-12-14-8-16(22)11-17(23)9-14/h8-9,11,15H,2-7,10,12H2,1H3,(H,24,29)/t15-/m0/s1. The third kappa shape index (κ3) is 4.61. The van der Waals surface area contributed by atoms with Gasteiger partial charge in [0.15, 0.2) is 5.13 Å². The van der Waals surface area contributed by atoms with Crippen molar-refractivity contribution in [2.24, 2.45) is 5.92 Å². The average Bonchev–Trinajstić information content (AvgIpc) is 3.14. The van der Waals surface area contributed by atoms with Gasteiger partial charge in [-0.25, -0.2) is 13.8 Å². The Bertz CT molecular complexity index is 936. The van der Waals surface area contributed by atoms with Crippen LogP contribution in [0.25, 0.3) is 0 Å². The Labute approximate surface area is 177 Å². The van der Waals surface area contributed by atoms with E-state index in [1.807, 2.05) is 4.90 Å². The lowest BCUT2D eigenvalue weighted by molar-refractivity contribution is -0.129. The van der Waals surface area contributed by atoms with Gasteiger partial charge in [-0.15, -0.1) is 11.3 Å². The van der Waals surface area contributed by atoms with Gasteiger partial charge in [0.05, 0.1) is 5.69 Å². The normalized spacial score (nSPS) is 18.8. The summed E-state index contributed by atoms with van der Waals surface area (Å²) in [6.07, 6.45) is 2.08. The molecule has 0 bridgehead atoms. The first-order valence-electron chi connectivity index (χ1n) is 10.1. The summed E-state index contributed by atoms with van der Waals surface area (Å²) in [5.74, 6) is -1.47. The zero-order valence-corrected chi connectivity index (χ0v) is 17.6. The van der Waals surface area contributed by atoms with E-state index in [1.165, 1.54) is 12.1 Å². The Balaban J connectivity index is 1.34. The summed E-state index contributed by atoms with van der Waals surface area (Å²) < 4.78 is 26.6. The molecule has 2 heterocycles. The Morgan fingerprint density at radius 2 is 1.87 bits per heavy atom. The molecule has 0 unspecified atom stereocenters. The number of carbonyl (C=O) groups excluding carboxylic acids is 2. The van der Waals surface area contributed by atoms with Gasteiger partial charge in [-0.05, 0) is 37.0 Å². The molecule has 2 amide bonds. The van der Waals surface area contributed by atoms with Crippen molar-refractivity contribution in [1.82, 2.24) is 15.2 Å². The molecule has 1 aliphatic carbocycles. The summed E-state index contributed by atoms with van der Waals surface area (Å²) in [5, 5.41) is 3.76. The van der Waals surface area contributed by atoms with E-state index in [9.17, 15) is 18.4 Å². The zero-order valence-electron chi connectivity index (χ0n) is 16.8. The molecule has 0 spiro atoms. The molecule has 0 saturated carbocycles. The van der Waals surface area contributed by atoms with Crippen molar-refractivity contribution in [3.63, 3.8) is 0 Å². The maximum atomic E-state index is 13.3. The van der Waals surface area contributed by atoms with Gasteiger partial charge in [-0.3, -0.25) is 9.59 Å². The van der Waals surface area contributed by atoms with Crippen molar-refractivity contribution in [3.05, 3.63) is 46.0 Å². The molecule has 2 aromatic rings. The van der Waals surface area contributed by atoms with E-state index in [-0.39, 0.29) is 24.3 Å². The van der Waals surface area contributed by atoms with Crippen molar-refractivity contribution in [2.75, 3.05) is 31.1 Å². The van der Waals surface area contributed by atoms with Gasteiger partial charge >= 0.3 is 0 Å². The Kier molecular flexibility index (Phi) is 5.99. The Morgan fingerprint density at radius 3 is 2.53 bits per heavy atom. The summed E-state index contributed by atoms with van der Waals surface area (Å²) in [6, 6.07) is 3.27.